The van der Waals surface area contributed by atoms with Crippen molar-refractivity contribution in [2.45, 2.75) is 11.5 Å². The molecule has 0 atom stereocenters. The quantitative estimate of drug-likeness (QED) is 0.587. The Bertz CT molecular complexity index is 921. The van der Waals surface area contributed by atoms with E-state index < -0.39 is 10.1 Å². The summed E-state index contributed by atoms with van der Waals surface area (Å²) in [4.78, 5) is 0.0429. The van der Waals surface area contributed by atoms with Gasteiger partial charge >= 0.3 is 10.1 Å². The maximum absolute atomic E-state index is 12.2. The Morgan fingerprint density at radius 2 is 1.36 bits per heavy atom. The lowest BCUT2D eigenvalue weighted by Crippen LogP contribution is -2.09. The maximum atomic E-state index is 12.2. The van der Waals surface area contributed by atoms with Gasteiger partial charge in [-0.3, -0.25) is 0 Å². The molecule has 0 saturated heterocycles. The second-order valence-corrected chi connectivity index (χ2v) is 7.22. The predicted octanol–water partition coefficient (Wildman–Crippen LogP) is 4.69. The molecule has 3 aromatic carbocycles. The molecular formula is C19H15ClO4S. The molecule has 0 heterocycles. The first-order valence-electron chi connectivity index (χ1n) is 7.50. The van der Waals surface area contributed by atoms with Crippen LogP contribution in [0.1, 0.15) is 5.56 Å². The first-order valence-corrected chi connectivity index (χ1v) is 9.28. The van der Waals surface area contributed by atoms with Gasteiger partial charge in [0.15, 0.2) is 0 Å². The molecule has 0 N–H and O–H groups in total. The lowest BCUT2D eigenvalue weighted by atomic mass is 10.2. The SMILES string of the molecule is O=S(=O)(Oc1ccc(OCc2ccccc2)cc1)c1ccc(Cl)cc1. The molecule has 0 aliphatic carbocycles. The fourth-order valence-corrected chi connectivity index (χ4v) is 3.16. The number of halogens is 1. The normalized spacial score (nSPS) is 11.1. The Hall–Kier alpha value is -2.50. The Labute approximate surface area is 151 Å². The van der Waals surface area contributed by atoms with Crippen LogP contribution in [0.3, 0.4) is 0 Å². The maximum Gasteiger partial charge on any atom is 0.339 e. The Kier molecular flexibility index (Phi) is 5.26. The van der Waals surface area contributed by atoms with Crippen LogP contribution in [0, 0.1) is 0 Å². The fraction of sp³-hybridized carbons (Fsp3) is 0.0526. The number of hydrogen-bond acceptors (Lipinski definition) is 4. The molecule has 3 rings (SSSR count). The standard InChI is InChI=1S/C19H15ClO4S/c20-16-6-12-19(13-7-16)25(21,22)24-18-10-8-17(9-11-18)23-14-15-4-2-1-3-5-15/h1-13H,14H2. The zero-order valence-electron chi connectivity index (χ0n) is 13.1. The molecule has 0 aliphatic heterocycles. The topological polar surface area (TPSA) is 52.6 Å². The molecule has 0 aromatic heterocycles. The van der Waals surface area contributed by atoms with Gasteiger partial charge in [-0.2, -0.15) is 8.42 Å². The van der Waals surface area contributed by atoms with Crippen molar-refractivity contribution in [2.24, 2.45) is 0 Å². The first kappa shape index (κ1) is 17.3. The van der Waals surface area contributed by atoms with Gasteiger partial charge in [-0.25, -0.2) is 0 Å². The first-order chi connectivity index (χ1) is 12.0. The summed E-state index contributed by atoms with van der Waals surface area (Å²) in [5.41, 5.74) is 1.05. The van der Waals surface area contributed by atoms with E-state index in [4.69, 9.17) is 20.5 Å². The van der Waals surface area contributed by atoms with E-state index in [0.717, 1.165) is 5.56 Å². The van der Waals surface area contributed by atoms with Gasteiger partial charge in [-0.05, 0) is 54.1 Å². The van der Waals surface area contributed by atoms with Crippen molar-refractivity contribution in [3.63, 3.8) is 0 Å². The molecule has 6 heteroatoms. The van der Waals surface area contributed by atoms with Gasteiger partial charge in [-0.1, -0.05) is 41.9 Å². The molecule has 3 aromatic rings. The number of hydrogen-bond donors (Lipinski definition) is 0. The van der Waals surface area contributed by atoms with E-state index in [1.54, 1.807) is 24.3 Å². The lowest BCUT2D eigenvalue weighted by Gasteiger charge is -2.09. The van der Waals surface area contributed by atoms with Crippen LogP contribution in [0.15, 0.2) is 83.8 Å². The third-order valence-electron chi connectivity index (χ3n) is 3.38. The highest BCUT2D eigenvalue weighted by Crippen LogP contribution is 2.23. The van der Waals surface area contributed by atoms with Gasteiger partial charge in [0, 0.05) is 5.02 Å². The highest BCUT2D eigenvalue weighted by molar-refractivity contribution is 7.87. The average molecular weight is 375 g/mol. The van der Waals surface area contributed by atoms with Crippen LogP contribution >= 0.6 is 11.6 Å². The van der Waals surface area contributed by atoms with Gasteiger partial charge in [0.05, 0.1) is 0 Å². The van der Waals surface area contributed by atoms with E-state index in [0.29, 0.717) is 17.4 Å². The van der Waals surface area contributed by atoms with Gasteiger partial charge < -0.3 is 8.92 Å². The summed E-state index contributed by atoms with van der Waals surface area (Å²) >= 11 is 5.76. The third-order valence-corrected chi connectivity index (χ3v) is 4.89. The van der Waals surface area contributed by atoms with E-state index >= 15 is 0 Å². The smallest absolute Gasteiger partial charge is 0.339 e. The van der Waals surface area contributed by atoms with Crippen LogP contribution in [-0.2, 0) is 16.7 Å². The van der Waals surface area contributed by atoms with Gasteiger partial charge in [0.25, 0.3) is 0 Å². The van der Waals surface area contributed by atoms with Crippen molar-refractivity contribution in [3.05, 3.63) is 89.4 Å². The van der Waals surface area contributed by atoms with E-state index in [2.05, 4.69) is 0 Å². The van der Waals surface area contributed by atoms with Crippen molar-refractivity contribution in [2.75, 3.05) is 0 Å². The summed E-state index contributed by atoms with van der Waals surface area (Å²) in [6, 6.07) is 22.0. The van der Waals surface area contributed by atoms with Crippen LogP contribution < -0.4 is 8.92 Å². The van der Waals surface area contributed by atoms with Crippen LogP contribution in [0.25, 0.3) is 0 Å². The summed E-state index contributed by atoms with van der Waals surface area (Å²) < 4.78 is 35.2. The highest BCUT2D eigenvalue weighted by Gasteiger charge is 2.16. The average Bonchev–Trinajstić information content (AvgIpc) is 2.62. The van der Waals surface area contributed by atoms with Gasteiger partial charge in [-0.15, -0.1) is 0 Å². The predicted molar refractivity (Wildman–Crippen MR) is 96.5 cm³/mol. The molecule has 25 heavy (non-hydrogen) atoms. The number of ether oxygens (including phenoxy) is 1. The molecular weight excluding hydrogens is 360 g/mol. The van der Waals surface area contributed by atoms with Gasteiger partial charge in [0.2, 0.25) is 0 Å². The molecule has 4 nitrogen and oxygen atoms in total. The summed E-state index contributed by atoms with van der Waals surface area (Å²) in [5, 5.41) is 0.457. The molecule has 0 unspecified atom stereocenters. The molecule has 0 fully saturated rings. The minimum Gasteiger partial charge on any atom is -0.489 e. The Balaban J connectivity index is 1.65. The summed E-state index contributed by atoms with van der Waals surface area (Å²) in [6.45, 7) is 0.435. The van der Waals surface area contributed by atoms with Crippen LogP contribution in [0.5, 0.6) is 11.5 Å². The van der Waals surface area contributed by atoms with Crippen molar-refractivity contribution >= 4 is 21.7 Å². The summed E-state index contributed by atoms with van der Waals surface area (Å²) in [6.07, 6.45) is 0. The monoisotopic (exact) mass is 374 g/mol. The van der Waals surface area contributed by atoms with E-state index in [9.17, 15) is 8.42 Å². The van der Waals surface area contributed by atoms with Crippen LogP contribution in [0.4, 0.5) is 0 Å². The highest BCUT2D eigenvalue weighted by atomic mass is 35.5. The van der Waals surface area contributed by atoms with Crippen LogP contribution in [-0.4, -0.2) is 8.42 Å². The summed E-state index contributed by atoms with van der Waals surface area (Å²) in [7, 11) is -3.90. The molecule has 0 radical (unpaired) electrons. The third kappa shape index (κ3) is 4.75. The lowest BCUT2D eigenvalue weighted by molar-refractivity contribution is 0.306. The minimum absolute atomic E-state index is 0.0429. The largest absolute Gasteiger partial charge is 0.489 e. The van der Waals surface area contributed by atoms with Crippen molar-refractivity contribution < 1.29 is 17.3 Å². The van der Waals surface area contributed by atoms with Crippen molar-refractivity contribution in [1.82, 2.24) is 0 Å². The molecule has 0 saturated carbocycles. The Morgan fingerprint density at radius 3 is 2.00 bits per heavy atom. The molecule has 128 valence electrons. The molecule has 0 bridgehead atoms. The number of rotatable bonds is 6. The van der Waals surface area contributed by atoms with Crippen LogP contribution in [0.2, 0.25) is 5.02 Å². The summed E-state index contributed by atoms with van der Waals surface area (Å²) in [5.74, 6) is 0.835. The van der Waals surface area contributed by atoms with Crippen molar-refractivity contribution in [1.29, 1.82) is 0 Å². The molecule has 0 spiro atoms. The fourth-order valence-electron chi connectivity index (χ4n) is 2.11. The molecule has 0 aliphatic rings. The zero-order valence-corrected chi connectivity index (χ0v) is 14.7. The minimum atomic E-state index is -3.90. The number of benzene rings is 3. The Morgan fingerprint density at radius 1 is 0.760 bits per heavy atom. The van der Waals surface area contributed by atoms with Gasteiger partial charge in [0.1, 0.15) is 23.0 Å². The van der Waals surface area contributed by atoms with E-state index in [1.807, 2.05) is 30.3 Å². The second-order valence-electron chi connectivity index (χ2n) is 5.24. The second kappa shape index (κ2) is 7.59. The zero-order chi connectivity index (χ0) is 17.7. The van der Waals surface area contributed by atoms with E-state index in [-0.39, 0.29) is 10.6 Å². The van der Waals surface area contributed by atoms with Crippen molar-refractivity contribution in [3.8, 4) is 11.5 Å². The molecule has 0 amide bonds. The van der Waals surface area contributed by atoms with E-state index in [1.165, 1.54) is 24.3 Å².